The Morgan fingerprint density at radius 3 is 1.40 bits per heavy atom. The first-order chi connectivity index (χ1) is 29.1. The Kier molecular flexibility index (Phi) is 10.7. The summed E-state index contributed by atoms with van der Waals surface area (Å²) in [4.78, 5) is 66.5. The van der Waals surface area contributed by atoms with E-state index in [4.69, 9.17) is 9.47 Å². The first kappa shape index (κ1) is 39.5. The van der Waals surface area contributed by atoms with E-state index >= 15 is 0 Å². The minimum Gasteiger partial charge on any atom is -0.381 e. The van der Waals surface area contributed by atoms with Crippen molar-refractivity contribution in [1.29, 1.82) is 0 Å². The van der Waals surface area contributed by atoms with Gasteiger partial charge in [-0.15, -0.1) is 0 Å². The van der Waals surface area contributed by atoms with Gasteiger partial charge in [0.15, 0.2) is 11.6 Å². The number of hydrogen-bond donors (Lipinski definition) is 4. The summed E-state index contributed by atoms with van der Waals surface area (Å²) in [7, 11) is 3.15. The number of carbonyl (C=O) groups is 4. The first-order valence-corrected chi connectivity index (χ1v) is 21.0. The SMILES string of the molecule is CNC(=O)c1cc(C(=O)CC2[C@H]3COC[C@@H]23)cc([C@@H](C)c2cccc3[nH]ccc23)n1.CNC(=O)c1cc(C(=O)CC2[C@H]3COC[C@@H]23)cc([C@H](C)c2cccc3[nH]ccc23)n1. The van der Waals surface area contributed by atoms with Crippen LogP contribution in [0.25, 0.3) is 21.8 Å². The normalized spacial score (nSPS) is 23.2. The van der Waals surface area contributed by atoms with Gasteiger partial charge in [0.1, 0.15) is 11.4 Å². The lowest BCUT2D eigenvalue weighted by Crippen LogP contribution is -2.21. The number of Topliss-reactive ketones (excluding diaryl/α,β-unsaturated/α-hetero) is 2. The van der Waals surface area contributed by atoms with Gasteiger partial charge in [-0.1, -0.05) is 38.1 Å². The van der Waals surface area contributed by atoms with Crippen LogP contribution in [-0.2, 0) is 9.47 Å². The Morgan fingerprint density at radius 1 is 0.617 bits per heavy atom. The van der Waals surface area contributed by atoms with E-state index in [1.165, 1.54) is 0 Å². The van der Waals surface area contributed by atoms with Crippen molar-refractivity contribution in [2.24, 2.45) is 35.5 Å². The molecule has 12 heteroatoms. The van der Waals surface area contributed by atoms with Crippen molar-refractivity contribution in [3.63, 3.8) is 0 Å². The molecule has 2 unspecified atom stereocenters. The summed E-state index contributed by atoms with van der Waals surface area (Å²) in [6, 6.07) is 23.3. The molecule has 2 aliphatic heterocycles. The molecule has 0 radical (unpaired) electrons. The molecule has 4 fully saturated rings. The van der Waals surface area contributed by atoms with Crippen LogP contribution in [0.15, 0.2) is 85.2 Å². The van der Waals surface area contributed by atoms with Crippen LogP contribution < -0.4 is 10.6 Å². The van der Waals surface area contributed by atoms with Crippen LogP contribution in [0.5, 0.6) is 0 Å². The van der Waals surface area contributed by atoms with Crippen molar-refractivity contribution in [1.82, 2.24) is 30.6 Å². The molecular formula is C48H50N6O6. The third kappa shape index (κ3) is 7.54. The molecule has 12 nitrogen and oxygen atoms in total. The number of benzene rings is 2. The minimum atomic E-state index is -0.283. The smallest absolute Gasteiger partial charge is 0.269 e. The highest BCUT2D eigenvalue weighted by molar-refractivity contribution is 6.01. The van der Waals surface area contributed by atoms with Crippen molar-refractivity contribution in [3.05, 3.63) is 130 Å². The Bertz CT molecular complexity index is 2430. The van der Waals surface area contributed by atoms with E-state index < -0.39 is 0 Å². The number of aromatic nitrogens is 4. The third-order valence-corrected chi connectivity index (χ3v) is 13.4. The monoisotopic (exact) mass is 806 g/mol. The average Bonchev–Trinajstić information content (AvgIpc) is 3.78. The van der Waals surface area contributed by atoms with Crippen molar-refractivity contribution in [2.45, 2.75) is 38.5 Å². The molecule has 4 aliphatic rings. The second-order valence-corrected chi connectivity index (χ2v) is 16.8. The van der Waals surface area contributed by atoms with Crippen LogP contribution in [0.4, 0.5) is 0 Å². The topological polar surface area (TPSA) is 168 Å². The minimum absolute atomic E-state index is 0.0608. The van der Waals surface area contributed by atoms with Crippen LogP contribution in [0.3, 0.4) is 0 Å². The van der Waals surface area contributed by atoms with Crippen molar-refractivity contribution in [2.75, 3.05) is 40.5 Å². The van der Waals surface area contributed by atoms with Crippen molar-refractivity contribution < 1.29 is 28.7 Å². The number of nitrogens with zero attached hydrogens (tertiary/aromatic N) is 2. The van der Waals surface area contributed by atoms with Crippen LogP contribution in [0, 0.1) is 35.5 Å². The first-order valence-electron chi connectivity index (χ1n) is 21.0. The summed E-state index contributed by atoms with van der Waals surface area (Å²) in [5.74, 6) is 2.41. The second kappa shape index (κ2) is 16.2. The lowest BCUT2D eigenvalue weighted by molar-refractivity contribution is 0.0937. The summed E-state index contributed by atoms with van der Waals surface area (Å²) in [6.07, 6.45) is 4.86. The molecular weight excluding hydrogens is 757 g/mol. The molecule has 60 heavy (non-hydrogen) atoms. The van der Waals surface area contributed by atoms with Gasteiger partial charge in [0, 0.05) is 95.5 Å². The molecule has 10 rings (SSSR count). The van der Waals surface area contributed by atoms with Gasteiger partial charge >= 0.3 is 0 Å². The zero-order valence-electron chi connectivity index (χ0n) is 34.3. The molecule has 4 aromatic heterocycles. The molecule has 2 saturated carbocycles. The average molecular weight is 807 g/mol. The maximum atomic E-state index is 13.1. The lowest BCUT2D eigenvalue weighted by Gasteiger charge is -2.16. The molecule has 2 amide bonds. The molecule has 4 N–H and O–H groups in total. The summed E-state index contributed by atoms with van der Waals surface area (Å²) < 4.78 is 10.9. The lowest BCUT2D eigenvalue weighted by atomic mass is 9.92. The van der Waals surface area contributed by atoms with E-state index in [0.29, 0.717) is 59.5 Å². The fraction of sp³-hybridized carbons (Fsp3) is 0.375. The van der Waals surface area contributed by atoms with Gasteiger partial charge in [-0.05, 0) is 95.2 Å². The second-order valence-electron chi connectivity index (χ2n) is 16.8. The number of ketones is 2. The van der Waals surface area contributed by atoms with E-state index in [-0.39, 0.29) is 46.6 Å². The molecule has 2 aromatic carbocycles. The van der Waals surface area contributed by atoms with Gasteiger partial charge in [0.2, 0.25) is 0 Å². The summed E-state index contributed by atoms with van der Waals surface area (Å²) in [5.41, 5.74) is 7.50. The number of H-pyrrole nitrogens is 2. The Balaban J connectivity index is 0.000000154. The largest absolute Gasteiger partial charge is 0.381 e. The quantitative estimate of drug-likeness (QED) is 0.0953. The molecule has 2 saturated heterocycles. The molecule has 0 bridgehead atoms. The number of hydrogen-bond acceptors (Lipinski definition) is 8. The number of pyridine rings is 2. The molecule has 8 atom stereocenters. The maximum Gasteiger partial charge on any atom is 0.269 e. The van der Waals surface area contributed by atoms with Crippen LogP contribution in [0.2, 0.25) is 0 Å². The number of aromatic amines is 2. The Hall–Kier alpha value is -5.98. The summed E-state index contributed by atoms with van der Waals surface area (Å²) >= 11 is 0. The van der Waals surface area contributed by atoms with Gasteiger partial charge < -0.3 is 30.1 Å². The predicted molar refractivity (Wildman–Crippen MR) is 227 cm³/mol. The molecule has 308 valence electrons. The Morgan fingerprint density at radius 2 is 1.02 bits per heavy atom. The summed E-state index contributed by atoms with van der Waals surface area (Å²) in [6.45, 7) is 7.21. The Labute approximate surface area is 348 Å². The zero-order valence-corrected chi connectivity index (χ0v) is 34.3. The van der Waals surface area contributed by atoms with Crippen LogP contribution >= 0.6 is 0 Å². The van der Waals surface area contributed by atoms with Gasteiger partial charge in [0.05, 0.1) is 26.4 Å². The van der Waals surface area contributed by atoms with Crippen LogP contribution in [-0.4, -0.2) is 83.8 Å². The van der Waals surface area contributed by atoms with E-state index in [2.05, 4.69) is 56.5 Å². The number of ether oxygens (including phenoxy) is 2. The molecule has 0 spiro atoms. The zero-order chi connectivity index (χ0) is 41.7. The maximum absolute atomic E-state index is 13.1. The van der Waals surface area contributed by atoms with Crippen LogP contribution in [0.1, 0.15) is 103 Å². The van der Waals surface area contributed by atoms with Gasteiger partial charge in [0.25, 0.3) is 11.8 Å². The third-order valence-electron chi connectivity index (χ3n) is 13.4. The van der Waals surface area contributed by atoms with E-state index in [0.717, 1.165) is 70.7 Å². The highest BCUT2D eigenvalue weighted by atomic mass is 16.5. The molecule has 6 heterocycles. The van der Waals surface area contributed by atoms with E-state index in [9.17, 15) is 19.2 Å². The number of fused-ring (bicyclic) bond motifs is 4. The highest BCUT2D eigenvalue weighted by Crippen LogP contribution is 2.54. The van der Waals surface area contributed by atoms with Gasteiger partial charge in [-0.3, -0.25) is 19.2 Å². The van der Waals surface area contributed by atoms with Gasteiger partial charge in [-0.2, -0.15) is 0 Å². The fourth-order valence-corrected chi connectivity index (χ4v) is 9.64. The van der Waals surface area contributed by atoms with Gasteiger partial charge in [-0.25, -0.2) is 9.97 Å². The number of nitrogens with one attached hydrogen (secondary N) is 4. The fourth-order valence-electron chi connectivity index (χ4n) is 9.64. The van der Waals surface area contributed by atoms with Crippen molar-refractivity contribution in [3.8, 4) is 0 Å². The highest BCUT2D eigenvalue weighted by Gasteiger charge is 2.55. The molecule has 6 aromatic rings. The van der Waals surface area contributed by atoms with E-state index in [1.807, 2.05) is 60.9 Å². The van der Waals surface area contributed by atoms with Crippen molar-refractivity contribution >= 4 is 45.2 Å². The number of carbonyl (C=O) groups excluding carboxylic acids is 4. The predicted octanol–water partition coefficient (Wildman–Crippen LogP) is 7.08. The number of rotatable bonds is 12. The van der Waals surface area contributed by atoms with E-state index in [1.54, 1.807) is 26.2 Å². The standard InChI is InChI=1S/2C24H25N3O3/c2*1-13(15-4-3-5-20-16(15)6-7-26-20)21-8-14(9-22(27-21)24(29)25-2)23(28)10-17-18-11-30-12-19(17)18/h2*3-9,13,17-19,26H,10-12H2,1-2H3,(H,25,29)/t2*13-,17?,18-,19+/m10/s1. The summed E-state index contributed by atoms with van der Waals surface area (Å²) in [5, 5.41) is 7.50. The number of amides is 2. The molecule has 2 aliphatic carbocycles.